The molecule has 1 aromatic heterocycles. The molecule has 1 saturated carbocycles. The Labute approximate surface area is 84.7 Å². The number of nitrogen functional groups attached to an aromatic ring is 1. The smallest absolute Gasteiger partial charge is 0.0736 e. The molecule has 0 bridgehead atoms. The summed E-state index contributed by atoms with van der Waals surface area (Å²) in [4.78, 5) is 3.96. The third kappa shape index (κ3) is 1.81. The Morgan fingerprint density at radius 2 is 2.21 bits per heavy atom. The molecule has 0 saturated heterocycles. The van der Waals surface area contributed by atoms with Crippen LogP contribution in [0.2, 0.25) is 0 Å². The second-order valence-corrected chi connectivity index (χ2v) is 4.88. The van der Waals surface area contributed by atoms with E-state index in [1.165, 1.54) is 12.8 Å². The minimum Gasteiger partial charge on any atom is -0.396 e. The van der Waals surface area contributed by atoms with Gasteiger partial charge in [0.05, 0.1) is 17.6 Å². The Morgan fingerprint density at radius 1 is 1.50 bits per heavy atom. The van der Waals surface area contributed by atoms with Gasteiger partial charge in [0.1, 0.15) is 0 Å². The van der Waals surface area contributed by atoms with Crippen LogP contribution in [0.15, 0.2) is 18.5 Å². The zero-order valence-electron chi connectivity index (χ0n) is 8.75. The van der Waals surface area contributed by atoms with Crippen molar-refractivity contribution in [1.29, 1.82) is 0 Å². The molecule has 3 heteroatoms. The van der Waals surface area contributed by atoms with Gasteiger partial charge in [-0.15, -0.1) is 0 Å². The standard InChI is InChI=1S/C11H17N3/c1-11(2)5-8(6-11)14-10-3-4-13-7-9(10)12/h3-4,7-8H,5-6,12H2,1-2H3,(H,13,14). The Hall–Kier alpha value is -1.25. The molecule has 1 aromatic rings. The minimum absolute atomic E-state index is 0.499. The molecule has 14 heavy (non-hydrogen) atoms. The molecule has 0 amide bonds. The molecule has 0 aromatic carbocycles. The Balaban J connectivity index is 1.97. The van der Waals surface area contributed by atoms with Crippen LogP contribution in [-0.2, 0) is 0 Å². The van der Waals surface area contributed by atoms with Gasteiger partial charge in [-0.1, -0.05) is 13.8 Å². The zero-order chi connectivity index (χ0) is 10.2. The molecule has 0 spiro atoms. The summed E-state index contributed by atoms with van der Waals surface area (Å²) in [5, 5.41) is 3.44. The topological polar surface area (TPSA) is 50.9 Å². The lowest BCUT2D eigenvalue weighted by atomic mass is 9.68. The first-order valence-electron chi connectivity index (χ1n) is 5.03. The third-order valence-electron chi connectivity index (χ3n) is 2.81. The maximum atomic E-state index is 5.79. The van der Waals surface area contributed by atoms with Crippen molar-refractivity contribution < 1.29 is 0 Å². The normalized spacial score (nSPS) is 20.1. The lowest BCUT2D eigenvalue weighted by molar-refractivity contribution is 0.167. The summed E-state index contributed by atoms with van der Waals surface area (Å²) < 4.78 is 0. The second-order valence-electron chi connectivity index (χ2n) is 4.88. The van der Waals surface area contributed by atoms with Gasteiger partial charge < -0.3 is 11.1 Å². The summed E-state index contributed by atoms with van der Waals surface area (Å²) in [6.45, 7) is 4.59. The minimum atomic E-state index is 0.499. The van der Waals surface area contributed by atoms with Crippen molar-refractivity contribution in [3.63, 3.8) is 0 Å². The quantitative estimate of drug-likeness (QED) is 0.754. The highest BCUT2D eigenvalue weighted by atomic mass is 15.0. The van der Waals surface area contributed by atoms with Crippen molar-refractivity contribution in [2.75, 3.05) is 11.1 Å². The van der Waals surface area contributed by atoms with Gasteiger partial charge in [-0.2, -0.15) is 0 Å². The van der Waals surface area contributed by atoms with Gasteiger partial charge in [0.15, 0.2) is 0 Å². The number of anilines is 2. The van der Waals surface area contributed by atoms with Crippen LogP contribution in [0.5, 0.6) is 0 Å². The Morgan fingerprint density at radius 3 is 2.79 bits per heavy atom. The number of nitrogens with one attached hydrogen (secondary N) is 1. The van der Waals surface area contributed by atoms with E-state index in [9.17, 15) is 0 Å². The average Bonchev–Trinajstić information content (AvgIpc) is 2.05. The van der Waals surface area contributed by atoms with Crippen LogP contribution in [0.4, 0.5) is 11.4 Å². The summed E-state index contributed by atoms with van der Waals surface area (Å²) in [5.41, 5.74) is 8.04. The van der Waals surface area contributed by atoms with Crippen LogP contribution in [0.1, 0.15) is 26.7 Å². The predicted octanol–water partition coefficient (Wildman–Crippen LogP) is 2.26. The van der Waals surface area contributed by atoms with E-state index in [0.717, 1.165) is 11.4 Å². The molecule has 1 heterocycles. The number of hydrogen-bond acceptors (Lipinski definition) is 3. The van der Waals surface area contributed by atoms with E-state index in [1.54, 1.807) is 12.4 Å². The molecule has 0 radical (unpaired) electrons. The van der Waals surface area contributed by atoms with Crippen molar-refractivity contribution in [3.8, 4) is 0 Å². The van der Waals surface area contributed by atoms with E-state index in [1.807, 2.05) is 6.07 Å². The predicted molar refractivity (Wildman–Crippen MR) is 59.1 cm³/mol. The average molecular weight is 191 g/mol. The molecule has 0 unspecified atom stereocenters. The Bertz CT molecular complexity index is 325. The summed E-state index contributed by atoms with van der Waals surface area (Å²) >= 11 is 0. The molecular weight excluding hydrogens is 174 g/mol. The first-order chi connectivity index (χ1) is 6.57. The maximum absolute atomic E-state index is 5.79. The highest BCUT2D eigenvalue weighted by molar-refractivity contribution is 5.64. The van der Waals surface area contributed by atoms with Crippen molar-refractivity contribution >= 4 is 11.4 Å². The lowest BCUT2D eigenvalue weighted by Crippen LogP contribution is -2.41. The van der Waals surface area contributed by atoms with E-state index in [-0.39, 0.29) is 0 Å². The number of nitrogens with zero attached hydrogens (tertiary/aromatic N) is 1. The van der Waals surface area contributed by atoms with Crippen LogP contribution in [0.3, 0.4) is 0 Å². The van der Waals surface area contributed by atoms with Crippen LogP contribution in [-0.4, -0.2) is 11.0 Å². The molecule has 76 valence electrons. The van der Waals surface area contributed by atoms with Gasteiger partial charge in [0.25, 0.3) is 0 Å². The summed E-state index contributed by atoms with van der Waals surface area (Å²) in [6.07, 6.45) is 5.89. The first-order valence-corrected chi connectivity index (χ1v) is 5.03. The summed E-state index contributed by atoms with van der Waals surface area (Å²) in [7, 11) is 0. The molecular formula is C11H17N3. The largest absolute Gasteiger partial charge is 0.396 e. The van der Waals surface area contributed by atoms with E-state index < -0.39 is 0 Å². The third-order valence-corrected chi connectivity index (χ3v) is 2.81. The zero-order valence-corrected chi connectivity index (χ0v) is 8.75. The highest BCUT2D eigenvalue weighted by Gasteiger charge is 2.35. The number of nitrogens with two attached hydrogens (primary N) is 1. The van der Waals surface area contributed by atoms with E-state index in [0.29, 0.717) is 11.5 Å². The fourth-order valence-electron chi connectivity index (χ4n) is 2.13. The van der Waals surface area contributed by atoms with Crippen LogP contribution >= 0.6 is 0 Å². The summed E-state index contributed by atoms with van der Waals surface area (Å²) in [5.74, 6) is 0. The molecule has 0 aliphatic heterocycles. The van der Waals surface area contributed by atoms with E-state index in [2.05, 4.69) is 24.1 Å². The molecule has 1 aliphatic carbocycles. The highest BCUT2D eigenvalue weighted by Crippen LogP contribution is 2.41. The number of hydrogen-bond donors (Lipinski definition) is 2. The number of pyridine rings is 1. The fourth-order valence-corrected chi connectivity index (χ4v) is 2.13. The Kier molecular flexibility index (Phi) is 2.10. The monoisotopic (exact) mass is 191 g/mol. The molecule has 3 N–H and O–H groups in total. The number of aromatic nitrogens is 1. The van der Waals surface area contributed by atoms with Gasteiger partial charge in [0.2, 0.25) is 0 Å². The van der Waals surface area contributed by atoms with Crippen LogP contribution < -0.4 is 11.1 Å². The molecule has 2 rings (SSSR count). The van der Waals surface area contributed by atoms with Crippen molar-refractivity contribution in [2.45, 2.75) is 32.7 Å². The van der Waals surface area contributed by atoms with Crippen LogP contribution in [0, 0.1) is 5.41 Å². The van der Waals surface area contributed by atoms with Crippen molar-refractivity contribution in [2.24, 2.45) is 5.41 Å². The molecule has 1 aliphatic rings. The fraction of sp³-hybridized carbons (Fsp3) is 0.545. The van der Waals surface area contributed by atoms with Gasteiger partial charge in [0, 0.05) is 12.2 Å². The molecule has 1 fully saturated rings. The maximum Gasteiger partial charge on any atom is 0.0736 e. The second kappa shape index (κ2) is 3.15. The van der Waals surface area contributed by atoms with Gasteiger partial charge in [-0.3, -0.25) is 4.98 Å². The molecule has 0 atom stereocenters. The first kappa shape index (κ1) is 9.31. The van der Waals surface area contributed by atoms with Crippen LogP contribution in [0.25, 0.3) is 0 Å². The van der Waals surface area contributed by atoms with Gasteiger partial charge in [-0.05, 0) is 24.3 Å². The molecule has 3 nitrogen and oxygen atoms in total. The van der Waals surface area contributed by atoms with Crippen molar-refractivity contribution in [1.82, 2.24) is 4.98 Å². The van der Waals surface area contributed by atoms with E-state index >= 15 is 0 Å². The van der Waals surface area contributed by atoms with Gasteiger partial charge in [-0.25, -0.2) is 0 Å². The summed E-state index contributed by atoms with van der Waals surface area (Å²) in [6, 6.07) is 2.51. The van der Waals surface area contributed by atoms with E-state index in [4.69, 9.17) is 5.73 Å². The SMILES string of the molecule is CC1(C)CC(Nc2ccncc2N)C1. The van der Waals surface area contributed by atoms with Crippen molar-refractivity contribution in [3.05, 3.63) is 18.5 Å². The van der Waals surface area contributed by atoms with Gasteiger partial charge >= 0.3 is 0 Å². The number of rotatable bonds is 2. The lowest BCUT2D eigenvalue weighted by Gasteiger charge is -2.43.